The normalized spacial score (nSPS) is 24.9. The van der Waals surface area contributed by atoms with E-state index in [-0.39, 0.29) is 11.4 Å². The van der Waals surface area contributed by atoms with E-state index in [4.69, 9.17) is 6.11 Å². The van der Waals surface area contributed by atoms with Crippen molar-refractivity contribution >= 4 is 12.2 Å². The van der Waals surface area contributed by atoms with Gasteiger partial charge in [0.25, 0.3) is 0 Å². The number of aliphatic carboxylic acids is 1. The van der Waals surface area contributed by atoms with Crippen molar-refractivity contribution in [3.05, 3.63) is 40.8 Å². The predicted molar refractivity (Wildman–Crippen MR) is 74.1 cm³/mol. The van der Waals surface area contributed by atoms with E-state index in [1.54, 1.807) is 0 Å². The standard InChI is InChI=1S/C15H13F4NO3/c1-7-5-8(9(6-20-7)14(21)22)12-11(23-2)4-3-10(13(12)16)15(17,18)19/h3-6,8-9H,1-2H3,(H,21,22)/i8D. The number of rotatable bonds is 3. The van der Waals surface area contributed by atoms with E-state index in [0.717, 1.165) is 25.5 Å². The summed E-state index contributed by atoms with van der Waals surface area (Å²) in [5.41, 5.74) is -2.21. The second-order valence-electron chi connectivity index (χ2n) is 4.84. The van der Waals surface area contributed by atoms with Crippen LogP contribution in [-0.4, -0.2) is 24.4 Å². The lowest BCUT2D eigenvalue weighted by molar-refractivity contribution is -0.140. The number of alkyl halides is 3. The maximum absolute atomic E-state index is 14.6. The monoisotopic (exact) mass is 332 g/mol. The molecule has 1 aliphatic heterocycles. The topological polar surface area (TPSA) is 58.9 Å². The Balaban J connectivity index is 2.82. The molecule has 124 valence electrons. The van der Waals surface area contributed by atoms with Gasteiger partial charge in [-0.3, -0.25) is 9.79 Å². The van der Waals surface area contributed by atoms with Gasteiger partial charge < -0.3 is 9.84 Å². The summed E-state index contributed by atoms with van der Waals surface area (Å²) in [6.45, 7) is 1.43. The Morgan fingerprint density at radius 3 is 2.61 bits per heavy atom. The maximum atomic E-state index is 14.6. The number of benzene rings is 1. The van der Waals surface area contributed by atoms with Crippen LogP contribution in [0.5, 0.6) is 5.75 Å². The highest BCUT2D eigenvalue weighted by molar-refractivity contribution is 5.91. The molecule has 1 aliphatic rings. The first-order valence-corrected chi connectivity index (χ1v) is 6.43. The summed E-state index contributed by atoms with van der Waals surface area (Å²) < 4.78 is 66.9. The first-order chi connectivity index (χ1) is 11.0. The Labute approximate surface area is 130 Å². The Bertz CT molecular complexity index is 745. The number of hydrogen-bond acceptors (Lipinski definition) is 3. The van der Waals surface area contributed by atoms with Crippen molar-refractivity contribution in [2.75, 3.05) is 7.11 Å². The molecule has 0 fully saturated rings. The van der Waals surface area contributed by atoms with Crippen LogP contribution in [0.25, 0.3) is 0 Å². The lowest BCUT2D eigenvalue weighted by atomic mass is 9.83. The van der Waals surface area contributed by atoms with Crippen LogP contribution in [0.4, 0.5) is 17.6 Å². The van der Waals surface area contributed by atoms with Gasteiger partial charge in [0.15, 0.2) is 0 Å². The number of carboxylic acids is 1. The molecule has 4 nitrogen and oxygen atoms in total. The molecule has 0 bridgehead atoms. The maximum Gasteiger partial charge on any atom is 0.419 e. The molecule has 2 unspecified atom stereocenters. The summed E-state index contributed by atoms with van der Waals surface area (Å²) >= 11 is 0. The molecule has 0 aromatic heterocycles. The van der Waals surface area contributed by atoms with Crippen LogP contribution in [0.2, 0.25) is 0 Å². The fourth-order valence-corrected chi connectivity index (χ4v) is 2.27. The number of allylic oxidation sites excluding steroid dienone is 2. The van der Waals surface area contributed by atoms with Crippen molar-refractivity contribution in [2.45, 2.75) is 19.0 Å². The van der Waals surface area contributed by atoms with Gasteiger partial charge in [0.2, 0.25) is 0 Å². The van der Waals surface area contributed by atoms with E-state index in [2.05, 4.69) is 4.99 Å². The largest absolute Gasteiger partial charge is 0.496 e. The number of carbonyl (C=O) groups is 1. The third-order valence-corrected chi connectivity index (χ3v) is 3.31. The molecular weight excluding hydrogens is 318 g/mol. The van der Waals surface area contributed by atoms with Crippen LogP contribution in [-0.2, 0) is 11.0 Å². The van der Waals surface area contributed by atoms with Crippen LogP contribution in [0.1, 0.15) is 25.3 Å². The Hall–Kier alpha value is -2.38. The quantitative estimate of drug-likeness (QED) is 0.860. The fraction of sp³-hybridized carbons (Fsp3) is 0.333. The Kier molecular flexibility index (Phi) is 4.06. The molecule has 8 heteroatoms. The molecule has 2 rings (SSSR count). The summed E-state index contributed by atoms with van der Waals surface area (Å²) in [5.74, 6) is -7.61. The minimum absolute atomic E-state index is 0.182. The number of carboxylic acid groups (broad SMARTS) is 1. The highest BCUT2D eigenvalue weighted by Gasteiger charge is 2.39. The van der Waals surface area contributed by atoms with E-state index in [0.29, 0.717) is 6.07 Å². The van der Waals surface area contributed by atoms with Gasteiger partial charge in [-0.2, -0.15) is 13.2 Å². The lowest BCUT2D eigenvalue weighted by Crippen LogP contribution is -2.26. The van der Waals surface area contributed by atoms with Gasteiger partial charge in [-0.25, -0.2) is 4.39 Å². The molecule has 1 aromatic carbocycles. The summed E-state index contributed by atoms with van der Waals surface area (Å²) in [6, 6.07) is 1.36. The van der Waals surface area contributed by atoms with Crippen molar-refractivity contribution in [2.24, 2.45) is 10.9 Å². The summed E-state index contributed by atoms with van der Waals surface area (Å²) in [5, 5.41) is 9.28. The van der Waals surface area contributed by atoms with Crippen LogP contribution >= 0.6 is 0 Å². The van der Waals surface area contributed by atoms with Gasteiger partial charge in [-0.05, 0) is 19.1 Å². The van der Waals surface area contributed by atoms with Gasteiger partial charge in [-0.15, -0.1) is 0 Å². The van der Waals surface area contributed by atoms with Crippen LogP contribution in [0.3, 0.4) is 0 Å². The predicted octanol–water partition coefficient (Wildman–Crippen LogP) is 3.63. The smallest absolute Gasteiger partial charge is 0.419 e. The molecule has 0 aliphatic carbocycles. The molecule has 1 N–H and O–H groups in total. The molecule has 0 spiro atoms. The van der Waals surface area contributed by atoms with Crippen molar-refractivity contribution in [3.63, 3.8) is 0 Å². The van der Waals surface area contributed by atoms with Crippen molar-refractivity contribution in [1.82, 2.24) is 0 Å². The number of methoxy groups -OCH3 is 1. The number of aliphatic imine (C=N–C) groups is 1. The van der Waals surface area contributed by atoms with Crippen LogP contribution in [0.15, 0.2) is 28.9 Å². The molecule has 2 atom stereocenters. The molecule has 0 amide bonds. The average molecular weight is 332 g/mol. The zero-order chi connectivity index (χ0) is 18.3. The van der Waals surface area contributed by atoms with E-state index in [1.807, 2.05) is 0 Å². The number of ether oxygens (including phenoxy) is 1. The molecule has 0 radical (unpaired) electrons. The van der Waals surface area contributed by atoms with Gasteiger partial charge in [0, 0.05) is 24.7 Å². The Morgan fingerprint density at radius 1 is 1.43 bits per heavy atom. The lowest BCUT2D eigenvalue weighted by Gasteiger charge is -2.25. The highest BCUT2D eigenvalue weighted by Crippen LogP contribution is 2.42. The molecular formula is C15H13F4NO3. The molecule has 0 saturated carbocycles. The van der Waals surface area contributed by atoms with E-state index >= 15 is 0 Å². The van der Waals surface area contributed by atoms with Crippen molar-refractivity contribution < 1.29 is 33.6 Å². The van der Waals surface area contributed by atoms with Gasteiger partial charge >= 0.3 is 12.1 Å². The summed E-state index contributed by atoms with van der Waals surface area (Å²) in [7, 11) is 1.10. The van der Waals surface area contributed by atoms with Gasteiger partial charge in [0.1, 0.15) is 17.5 Å². The molecule has 1 heterocycles. The second kappa shape index (κ2) is 6.02. The van der Waals surface area contributed by atoms with Crippen molar-refractivity contribution in [3.8, 4) is 5.75 Å². The number of hydrogen-bond donors (Lipinski definition) is 1. The van der Waals surface area contributed by atoms with Crippen molar-refractivity contribution in [1.29, 1.82) is 0 Å². The van der Waals surface area contributed by atoms with Gasteiger partial charge in [-0.1, -0.05) is 6.08 Å². The zero-order valence-electron chi connectivity index (χ0n) is 13.1. The fourth-order valence-electron chi connectivity index (χ4n) is 2.27. The molecule has 23 heavy (non-hydrogen) atoms. The second-order valence-corrected chi connectivity index (χ2v) is 4.84. The third-order valence-electron chi connectivity index (χ3n) is 3.31. The van der Waals surface area contributed by atoms with E-state index < -0.39 is 40.9 Å². The third kappa shape index (κ3) is 3.20. The SMILES string of the molecule is [2H]C1(c2c(OC)ccc(C(F)(F)F)c2F)C=C(C)N=CC1C(=O)O. The van der Waals surface area contributed by atoms with Crippen LogP contribution in [0, 0.1) is 11.7 Å². The highest BCUT2D eigenvalue weighted by atomic mass is 19.4. The minimum atomic E-state index is -5.00. The number of halogens is 4. The van der Waals surface area contributed by atoms with E-state index in [9.17, 15) is 27.5 Å². The van der Waals surface area contributed by atoms with Crippen LogP contribution < -0.4 is 4.74 Å². The average Bonchev–Trinajstić information content (AvgIpc) is 2.44. The first kappa shape index (κ1) is 15.5. The van der Waals surface area contributed by atoms with Gasteiger partial charge in [0.05, 0.1) is 12.7 Å². The summed E-state index contributed by atoms with van der Waals surface area (Å²) in [4.78, 5) is 15.2. The van der Waals surface area contributed by atoms with E-state index in [1.165, 1.54) is 6.92 Å². The summed E-state index contributed by atoms with van der Waals surface area (Å²) in [6.07, 6.45) is -3.08. The molecule has 0 saturated heterocycles. The molecule has 1 aromatic rings. The number of nitrogens with zero attached hydrogens (tertiary/aromatic N) is 1. The first-order valence-electron chi connectivity index (χ1n) is 6.93. The Morgan fingerprint density at radius 2 is 2.09 bits per heavy atom. The zero-order valence-corrected chi connectivity index (χ0v) is 12.1. The minimum Gasteiger partial charge on any atom is -0.496 e.